The number of carbonyl (C=O) groups is 2. The maximum absolute atomic E-state index is 12.7. The largest absolute Gasteiger partial charge is 0.480 e. The topological polar surface area (TPSA) is 74.6 Å². The number of amides is 1. The van der Waals surface area contributed by atoms with Crippen molar-refractivity contribution in [2.24, 2.45) is 0 Å². The Balaban J connectivity index is 1.82. The molecule has 3 rings (SSSR count). The number of carboxylic acids is 1. The van der Waals surface area contributed by atoms with Gasteiger partial charge in [-0.05, 0) is 50.9 Å². The third-order valence-corrected chi connectivity index (χ3v) is 4.50. The highest BCUT2D eigenvalue weighted by molar-refractivity contribution is 5.95. The lowest BCUT2D eigenvalue weighted by Gasteiger charge is -2.28. The summed E-state index contributed by atoms with van der Waals surface area (Å²) >= 11 is 0. The summed E-state index contributed by atoms with van der Waals surface area (Å²) in [4.78, 5) is 25.5. The number of aliphatic carboxylic acids is 1. The molecule has 0 saturated carbocycles. The fraction of sp³-hybridized carbons (Fsp3) is 0.600. The Morgan fingerprint density at radius 2 is 2.00 bits per heavy atom. The summed E-state index contributed by atoms with van der Waals surface area (Å²) in [6, 6.07) is 3.34. The summed E-state index contributed by atoms with van der Waals surface area (Å²) in [5, 5.41) is 12.6. The molecular formula is C15H21N3O3. The van der Waals surface area contributed by atoms with Crippen molar-refractivity contribution in [3.05, 3.63) is 24.0 Å². The van der Waals surface area contributed by atoms with Gasteiger partial charge >= 0.3 is 5.97 Å². The van der Waals surface area contributed by atoms with Crippen molar-refractivity contribution in [3.8, 4) is 0 Å². The summed E-state index contributed by atoms with van der Waals surface area (Å²) in [5.41, 5.74) is 0.620. The summed E-state index contributed by atoms with van der Waals surface area (Å²) in [7, 11) is 0. The molecule has 1 atom stereocenters. The quantitative estimate of drug-likeness (QED) is 0.874. The molecule has 0 spiro atoms. The van der Waals surface area contributed by atoms with Crippen molar-refractivity contribution >= 4 is 11.9 Å². The van der Waals surface area contributed by atoms with E-state index in [0.29, 0.717) is 24.7 Å². The average molecular weight is 291 g/mol. The molecule has 1 aromatic heterocycles. The monoisotopic (exact) mass is 291 g/mol. The van der Waals surface area contributed by atoms with Crippen LogP contribution in [0.3, 0.4) is 0 Å². The van der Waals surface area contributed by atoms with Gasteiger partial charge in [0.25, 0.3) is 5.91 Å². The van der Waals surface area contributed by atoms with Crippen LogP contribution in [0.4, 0.5) is 0 Å². The Morgan fingerprint density at radius 3 is 2.71 bits per heavy atom. The first-order valence-corrected chi connectivity index (χ1v) is 7.60. The normalized spacial score (nSPS) is 23.4. The average Bonchev–Trinajstić information content (AvgIpc) is 3.16. The van der Waals surface area contributed by atoms with E-state index >= 15 is 0 Å². The number of hydrogen-bond donors (Lipinski definition) is 2. The van der Waals surface area contributed by atoms with Gasteiger partial charge < -0.3 is 19.9 Å². The number of aromatic nitrogens is 1. The fourth-order valence-corrected chi connectivity index (χ4v) is 3.39. The Labute approximate surface area is 123 Å². The molecule has 3 heterocycles. The SMILES string of the molecule is O=C(O)[C@@H]1CCCN1C(=O)c1cccn1C1CCNCC1. The molecule has 0 aromatic carbocycles. The Hall–Kier alpha value is -1.82. The Kier molecular flexibility index (Phi) is 3.96. The van der Waals surface area contributed by atoms with Crippen LogP contribution in [0, 0.1) is 0 Å². The van der Waals surface area contributed by atoms with E-state index in [4.69, 9.17) is 0 Å². The lowest BCUT2D eigenvalue weighted by atomic mass is 10.1. The molecular weight excluding hydrogens is 270 g/mol. The zero-order valence-electron chi connectivity index (χ0n) is 12.0. The number of nitrogens with one attached hydrogen (secondary N) is 1. The van der Waals surface area contributed by atoms with E-state index in [1.165, 1.54) is 4.90 Å². The lowest BCUT2D eigenvalue weighted by Crippen LogP contribution is -2.41. The first kappa shape index (κ1) is 14.1. The summed E-state index contributed by atoms with van der Waals surface area (Å²) in [6.07, 6.45) is 5.25. The molecule has 0 aliphatic carbocycles. The smallest absolute Gasteiger partial charge is 0.326 e. The Bertz CT molecular complexity index is 534. The maximum Gasteiger partial charge on any atom is 0.326 e. The molecule has 2 fully saturated rings. The van der Waals surface area contributed by atoms with Gasteiger partial charge in [0, 0.05) is 18.8 Å². The van der Waals surface area contributed by atoms with Crippen LogP contribution in [0.5, 0.6) is 0 Å². The van der Waals surface area contributed by atoms with E-state index in [1.54, 1.807) is 0 Å². The van der Waals surface area contributed by atoms with Crippen LogP contribution in [0.15, 0.2) is 18.3 Å². The summed E-state index contributed by atoms with van der Waals surface area (Å²) in [6.45, 7) is 2.45. The van der Waals surface area contributed by atoms with Crippen molar-refractivity contribution in [2.45, 2.75) is 37.8 Å². The van der Waals surface area contributed by atoms with Crippen LogP contribution < -0.4 is 5.32 Å². The van der Waals surface area contributed by atoms with Crippen molar-refractivity contribution in [2.75, 3.05) is 19.6 Å². The molecule has 1 amide bonds. The second-order valence-corrected chi connectivity index (χ2v) is 5.78. The summed E-state index contributed by atoms with van der Waals surface area (Å²) in [5.74, 6) is -1.05. The van der Waals surface area contributed by atoms with E-state index in [-0.39, 0.29) is 5.91 Å². The molecule has 0 unspecified atom stereocenters. The number of carbonyl (C=O) groups excluding carboxylic acids is 1. The van der Waals surface area contributed by atoms with Gasteiger partial charge in [-0.2, -0.15) is 0 Å². The third-order valence-electron chi connectivity index (χ3n) is 4.50. The van der Waals surface area contributed by atoms with Gasteiger partial charge in [-0.3, -0.25) is 4.79 Å². The van der Waals surface area contributed by atoms with Crippen molar-refractivity contribution in [3.63, 3.8) is 0 Å². The van der Waals surface area contributed by atoms with Gasteiger partial charge in [-0.15, -0.1) is 0 Å². The van der Waals surface area contributed by atoms with Crippen LogP contribution in [-0.2, 0) is 4.79 Å². The Morgan fingerprint density at radius 1 is 1.24 bits per heavy atom. The number of nitrogens with zero attached hydrogens (tertiary/aromatic N) is 2. The van der Waals surface area contributed by atoms with E-state index in [9.17, 15) is 14.7 Å². The van der Waals surface area contributed by atoms with Crippen LogP contribution in [0.25, 0.3) is 0 Å². The van der Waals surface area contributed by atoms with Crippen molar-refractivity contribution in [1.29, 1.82) is 0 Å². The number of rotatable bonds is 3. The van der Waals surface area contributed by atoms with Crippen LogP contribution in [0.2, 0.25) is 0 Å². The van der Waals surface area contributed by atoms with Crippen LogP contribution in [0.1, 0.15) is 42.2 Å². The zero-order chi connectivity index (χ0) is 14.8. The maximum atomic E-state index is 12.7. The molecule has 0 bridgehead atoms. The van der Waals surface area contributed by atoms with E-state index in [1.807, 2.05) is 22.9 Å². The molecule has 21 heavy (non-hydrogen) atoms. The van der Waals surface area contributed by atoms with Gasteiger partial charge in [-0.25, -0.2) is 4.79 Å². The van der Waals surface area contributed by atoms with E-state index < -0.39 is 12.0 Å². The van der Waals surface area contributed by atoms with Gasteiger partial charge in [-0.1, -0.05) is 0 Å². The lowest BCUT2D eigenvalue weighted by molar-refractivity contribution is -0.141. The van der Waals surface area contributed by atoms with Crippen LogP contribution in [-0.4, -0.2) is 52.1 Å². The molecule has 1 aromatic rings. The minimum atomic E-state index is -0.902. The number of likely N-dealkylation sites (tertiary alicyclic amines) is 1. The number of carboxylic acid groups (broad SMARTS) is 1. The highest BCUT2D eigenvalue weighted by Crippen LogP contribution is 2.25. The van der Waals surface area contributed by atoms with Crippen LogP contribution >= 0.6 is 0 Å². The molecule has 2 N–H and O–H groups in total. The second kappa shape index (κ2) is 5.89. The third kappa shape index (κ3) is 2.68. The minimum Gasteiger partial charge on any atom is -0.480 e. The van der Waals surface area contributed by atoms with E-state index in [0.717, 1.165) is 32.4 Å². The molecule has 114 valence electrons. The van der Waals surface area contributed by atoms with Gasteiger partial charge in [0.1, 0.15) is 11.7 Å². The molecule has 2 saturated heterocycles. The predicted molar refractivity (Wildman–Crippen MR) is 77.3 cm³/mol. The molecule has 6 heteroatoms. The first-order chi connectivity index (χ1) is 10.2. The fourth-order valence-electron chi connectivity index (χ4n) is 3.39. The number of piperidine rings is 1. The zero-order valence-corrected chi connectivity index (χ0v) is 12.0. The van der Waals surface area contributed by atoms with E-state index in [2.05, 4.69) is 5.32 Å². The highest BCUT2D eigenvalue weighted by Gasteiger charge is 2.35. The van der Waals surface area contributed by atoms with Crippen molar-refractivity contribution in [1.82, 2.24) is 14.8 Å². The van der Waals surface area contributed by atoms with Gasteiger partial charge in [0.2, 0.25) is 0 Å². The van der Waals surface area contributed by atoms with Crippen molar-refractivity contribution < 1.29 is 14.7 Å². The molecule has 2 aliphatic heterocycles. The standard InChI is InChI=1S/C15H21N3O3/c19-14(18-10-2-4-13(18)15(20)21)12-3-1-9-17(12)11-5-7-16-8-6-11/h1,3,9,11,13,16H,2,4-8,10H2,(H,20,21)/t13-/m0/s1. The molecule has 2 aliphatic rings. The highest BCUT2D eigenvalue weighted by atomic mass is 16.4. The molecule has 6 nitrogen and oxygen atoms in total. The predicted octanol–water partition coefficient (Wildman–Crippen LogP) is 1.10. The minimum absolute atomic E-state index is 0.150. The first-order valence-electron chi connectivity index (χ1n) is 7.60. The molecule has 0 radical (unpaired) electrons. The van der Waals surface area contributed by atoms with Gasteiger partial charge in [0.15, 0.2) is 0 Å². The second-order valence-electron chi connectivity index (χ2n) is 5.78. The van der Waals surface area contributed by atoms with Gasteiger partial charge in [0.05, 0.1) is 0 Å². The number of hydrogen-bond acceptors (Lipinski definition) is 3. The summed E-state index contributed by atoms with van der Waals surface area (Å²) < 4.78 is 2.03.